The third-order valence-electron chi connectivity index (χ3n) is 5.27. The van der Waals surface area contributed by atoms with E-state index in [9.17, 15) is 9.59 Å². The van der Waals surface area contributed by atoms with Crippen LogP contribution in [0.4, 0.5) is 0 Å². The van der Waals surface area contributed by atoms with Gasteiger partial charge in [-0.3, -0.25) is 14.5 Å². The van der Waals surface area contributed by atoms with Crippen LogP contribution in [0, 0.1) is 12.8 Å². The summed E-state index contributed by atoms with van der Waals surface area (Å²) in [5, 5.41) is 3.02. The number of nitrogens with one attached hydrogen (secondary N) is 1. The van der Waals surface area contributed by atoms with E-state index >= 15 is 0 Å². The molecular weight excluding hydrogens is 320 g/mol. The number of fused-ring (bicyclic) bond motifs is 1. The summed E-state index contributed by atoms with van der Waals surface area (Å²) in [4.78, 5) is 27.1. The molecule has 1 aliphatic heterocycles. The number of hydrogen-bond donors (Lipinski definition) is 1. The van der Waals surface area contributed by atoms with Gasteiger partial charge in [0.05, 0.1) is 18.8 Å². The maximum atomic E-state index is 12.6. The normalized spacial score (nSPS) is 19.8. The van der Waals surface area contributed by atoms with E-state index in [1.54, 1.807) is 0 Å². The monoisotopic (exact) mass is 348 g/mol. The van der Waals surface area contributed by atoms with Crippen LogP contribution in [0.2, 0.25) is 0 Å². The van der Waals surface area contributed by atoms with Crippen molar-refractivity contribution in [2.24, 2.45) is 5.92 Å². The Morgan fingerprint density at radius 2 is 1.96 bits per heavy atom. The highest BCUT2D eigenvalue weighted by Crippen LogP contribution is 2.29. The Bertz CT molecular complexity index is 644. The summed E-state index contributed by atoms with van der Waals surface area (Å²) in [7, 11) is 0. The number of hydrogen-bond acceptors (Lipinski definition) is 5. The van der Waals surface area contributed by atoms with Crippen molar-refractivity contribution >= 4 is 11.7 Å². The zero-order valence-electron chi connectivity index (χ0n) is 15.4. The van der Waals surface area contributed by atoms with Crippen molar-refractivity contribution in [1.29, 1.82) is 0 Å². The van der Waals surface area contributed by atoms with E-state index in [0.717, 1.165) is 39.1 Å². The number of morpholine rings is 1. The fourth-order valence-corrected chi connectivity index (χ4v) is 3.84. The molecule has 1 amide bonds. The van der Waals surface area contributed by atoms with Gasteiger partial charge in [0.25, 0.3) is 5.91 Å². The van der Waals surface area contributed by atoms with Gasteiger partial charge in [0.15, 0.2) is 11.5 Å². The molecule has 138 valence electrons. The lowest BCUT2D eigenvalue weighted by molar-refractivity contribution is 0.00665. The van der Waals surface area contributed by atoms with Crippen LogP contribution in [0.3, 0.4) is 0 Å². The molecule has 1 aromatic heterocycles. The van der Waals surface area contributed by atoms with E-state index < -0.39 is 0 Å². The van der Waals surface area contributed by atoms with Crippen molar-refractivity contribution in [2.75, 3.05) is 32.8 Å². The Kier molecular flexibility index (Phi) is 5.59. The molecule has 0 spiro atoms. The van der Waals surface area contributed by atoms with Gasteiger partial charge in [-0.25, -0.2) is 0 Å². The number of rotatable bonds is 5. The average Bonchev–Trinajstić information content (AvgIpc) is 2.94. The minimum Gasteiger partial charge on any atom is -0.455 e. The van der Waals surface area contributed by atoms with Gasteiger partial charge in [-0.2, -0.15) is 0 Å². The summed E-state index contributed by atoms with van der Waals surface area (Å²) in [6.07, 6.45) is 2.07. The average molecular weight is 348 g/mol. The first-order chi connectivity index (χ1) is 12.0. The number of furan rings is 1. The van der Waals surface area contributed by atoms with Crippen molar-refractivity contribution in [3.8, 4) is 0 Å². The van der Waals surface area contributed by atoms with E-state index in [4.69, 9.17) is 9.15 Å². The SMILES string of the molecule is Cc1c(C(=O)NC[C@H](C(C)C)N2CCOCC2)oc2c1C(=O)CCC2. The molecule has 0 radical (unpaired) electrons. The van der Waals surface area contributed by atoms with E-state index in [-0.39, 0.29) is 17.7 Å². The van der Waals surface area contributed by atoms with E-state index in [1.165, 1.54) is 0 Å². The van der Waals surface area contributed by atoms with E-state index in [2.05, 4.69) is 24.1 Å². The quantitative estimate of drug-likeness (QED) is 0.883. The largest absolute Gasteiger partial charge is 0.455 e. The van der Waals surface area contributed by atoms with Crippen molar-refractivity contribution in [3.63, 3.8) is 0 Å². The molecule has 6 heteroatoms. The molecule has 1 atom stereocenters. The number of ether oxygens (including phenoxy) is 1. The number of aryl methyl sites for hydroxylation is 1. The van der Waals surface area contributed by atoms with Gasteiger partial charge in [0.1, 0.15) is 5.76 Å². The summed E-state index contributed by atoms with van der Waals surface area (Å²) in [5.41, 5.74) is 1.31. The fourth-order valence-electron chi connectivity index (χ4n) is 3.84. The van der Waals surface area contributed by atoms with E-state index in [1.807, 2.05) is 6.92 Å². The first-order valence-electron chi connectivity index (χ1n) is 9.24. The molecule has 0 aromatic carbocycles. The lowest BCUT2D eigenvalue weighted by atomic mass is 9.94. The van der Waals surface area contributed by atoms with Gasteiger partial charge in [-0.05, 0) is 19.3 Å². The Labute approximate surface area is 148 Å². The number of carbonyl (C=O) groups is 2. The van der Waals surface area contributed by atoms with Crippen LogP contribution in [-0.4, -0.2) is 55.5 Å². The van der Waals surface area contributed by atoms with Gasteiger partial charge < -0.3 is 14.5 Å². The third-order valence-corrected chi connectivity index (χ3v) is 5.27. The minimum atomic E-state index is -0.224. The Morgan fingerprint density at radius 3 is 2.60 bits per heavy atom. The van der Waals surface area contributed by atoms with Crippen LogP contribution < -0.4 is 5.32 Å². The molecule has 0 saturated carbocycles. The first kappa shape index (κ1) is 18.1. The van der Waals surface area contributed by atoms with Crippen LogP contribution in [0.1, 0.15) is 58.9 Å². The summed E-state index contributed by atoms with van der Waals surface area (Å²) in [6.45, 7) is 9.97. The van der Waals surface area contributed by atoms with Gasteiger partial charge in [-0.1, -0.05) is 13.8 Å². The molecule has 0 bridgehead atoms. The summed E-state index contributed by atoms with van der Waals surface area (Å²) < 4.78 is 11.2. The highest BCUT2D eigenvalue weighted by Gasteiger charge is 2.30. The second kappa shape index (κ2) is 7.70. The molecule has 25 heavy (non-hydrogen) atoms. The number of amides is 1. The zero-order valence-corrected chi connectivity index (χ0v) is 15.4. The molecule has 3 rings (SSSR count). The Hall–Kier alpha value is -1.66. The molecule has 1 fully saturated rings. The predicted molar refractivity (Wildman–Crippen MR) is 94.1 cm³/mol. The molecule has 6 nitrogen and oxygen atoms in total. The van der Waals surface area contributed by atoms with Gasteiger partial charge in [0.2, 0.25) is 0 Å². The van der Waals surface area contributed by atoms with Crippen molar-refractivity contribution in [1.82, 2.24) is 10.2 Å². The zero-order chi connectivity index (χ0) is 18.0. The highest BCUT2D eigenvalue weighted by molar-refractivity contribution is 6.03. The standard InChI is InChI=1S/C19H28N2O4/c1-12(2)14(21-7-9-24-10-8-21)11-20-19(23)18-13(3)17-15(22)5-4-6-16(17)25-18/h12,14H,4-11H2,1-3H3,(H,20,23)/t14-/m1/s1. The fraction of sp³-hybridized carbons (Fsp3) is 0.684. The topological polar surface area (TPSA) is 71.8 Å². The van der Waals surface area contributed by atoms with Gasteiger partial charge in [0, 0.05) is 44.1 Å². The molecule has 1 N–H and O–H groups in total. The van der Waals surface area contributed by atoms with Crippen LogP contribution >= 0.6 is 0 Å². The summed E-state index contributed by atoms with van der Waals surface area (Å²) in [6, 6.07) is 0.263. The predicted octanol–water partition coefficient (Wildman–Crippen LogP) is 2.19. The maximum absolute atomic E-state index is 12.6. The Balaban J connectivity index is 1.68. The smallest absolute Gasteiger partial charge is 0.287 e. The van der Waals surface area contributed by atoms with E-state index in [0.29, 0.717) is 41.5 Å². The summed E-state index contributed by atoms with van der Waals surface area (Å²) in [5.74, 6) is 1.26. The summed E-state index contributed by atoms with van der Waals surface area (Å²) >= 11 is 0. The maximum Gasteiger partial charge on any atom is 0.287 e. The minimum absolute atomic E-state index is 0.0925. The van der Waals surface area contributed by atoms with Crippen LogP contribution in [0.5, 0.6) is 0 Å². The van der Waals surface area contributed by atoms with Gasteiger partial charge >= 0.3 is 0 Å². The molecule has 1 aromatic rings. The first-order valence-corrected chi connectivity index (χ1v) is 9.24. The van der Waals surface area contributed by atoms with Crippen LogP contribution in [0.25, 0.3) is 0 Å². The van der Waals surface area contributed by atoms with Crippen molar-refractivity contribution in [3.05, 3.63) is 22.6 Å². The number of ketones is 1. The second-order valence-electron chi connectivity index (χ2n) is 7.30. The van der Waals surface area contributed by atoms with Crippen LogP contribution in [-0.2, 0) is 11.2 Å². The number of nitrogens with zero attached hydrogens (tertiary/aromatic N) is 1. The molecule has 2 heterocycles. The lowest BCUT2D eigenvalue weighted by Gasteiger charge is -2.36. The van der Waals surface area contributed by atoms with Crippen molar-refractivity contribution < 1.29 is 18.7 Å². The molecule has 2 aliphatic rings. The third kappa shape index (κ3) is 3.80. The molecule has 1 saturated heterocycles. The second-order valence-corrected chi connectivity index (χ2v) is 7.30. The Morgan fingerprint density at radius 1 is 1.24 bits per heavy atom. The number of Topliss-reactive ketones (excluding diaryl/α,β-unsaturated/α-hetero) is 1. The molecule has 0 unspecified atom stereocenters. The van der Waals surface area contributed by atoms with Crippen molar-refractivity contribution in [2.45, 2.75) is 46.1 Å². The molecular formula is C19H28N2O4. The highest BCUT2D eigenvalue weighted by atomic mass is 16.5. The lowest BCUT2D eigenvalue weighted by Crippen LogP contribution is -2.51. The van der Waals surface area contributed by atoms with Crippen LogP contribution in [0.15, 0.2) is 4.42 Å². The number of carbonyl (C=O) groups excluding carboxylic acids is 2. The molecule has 1 aliphatic carbocycles. The van der Waals surface area contributed by atoms with Gasteiger partial charge in [-0.15, -0.1) is 0 Å².